The molecule has 804 valence electrons. The number of halogens is 6. The Morgan fingerprint density at radius 2 is 0.706 bits per heavy atom. The lowest BCUT2D eigenvalue weighted by molar-refractivity contribution is -0.152. The van der Waals surface area contributed by atoms with Gasteiger partial charge in [0.1, 0.15) is 116 Å². The van der Waals surface area contributed by atoms with Crippen LogP contribution in [0.2, 0.25) is 0 Å². The molecule has 1 aromatic carbocycles. The largest absolute Gasteiger partial charge is 0.499 e. The fraction of sp³-hybridized carbons (Fsp3) is 0.674. The first-order valence-corrected chi connectivity index (χ1v) is 47.6. The molecule has 4 aliphatic rings. The van der Waals surface area contributed by atoms with E-state index in [0.717, 1.165) is 66.6 Å². The second-order valence-electron chi connectivity index (χ2n) is 32.4. The van der Waals surface area contributed by atoms with Crippen molar-refractivity contribution in [2.45, 2.75) is 140 Å². The minimum Gasteiger partial charge on any atom is -0.499 e. The number of alkyl halides is 6. The van der Waals surface area contributed by atoms with Crippen molar-refractivity contribution in [2.24, 2.45) is 0 Å². The van der Waals surface area contributed by atoms with Crippen LogP contribution in [0.1, 0.15) is 55.6 Å². The van der Waals surface area contributed by atoms with E-state index < -0.39 is 199 Å². The third-order valence-corrected chi connectivity index (χ3v) is 23.1. The van der Waals surface area contributed by atoms with Crippen LogP contribution in [0.25, 0.3) is 0 Å². The lowest BCUT2D eigenvalue weighted by Crippen LogP contribution is -2.56. The summed E-state index contributed by atoms with van der Waals surface area (Å²) in [5, 5.41) is 118. The molecule has 0 spiro atoms. The summed E-state index contributed by atoms with van der Waals surface area (Å²) in [6, 6.07) is 0.616. The average molecular weight is 2070 g/mol. The number of benzene rings is 1. The van der Waals surface area contributed by atoms with Gasteiger partial charge in [0.15, 0.2) is 0 Å². The molecule has 3 saturated heterocycles. The Labute approximate surface area is 819 Å². The van der Waals surface area contributed by atoms with Gasteiger partial charge in [0, 0.05) is 69.6 Å². The zero-order valence-electron chi connectivity index (χ0n) is 78.4. The first kappa shape index (κ1) is 118. The zero-order valence-corrected chi connectivity index (χ0v) is 79.2. The summed E-state index contributed by atoms with van der Waals surface area (Å²) < 4.78 is 200. The number of rotatable bonds is 72. The number of hydrogen-bond acceptors (Lipinski definition) is 41. The van der Waals surface area contributed by atoms with Gasteiger partial charge in [-0.3, -0.25) is 29.3 Å². The standard InChI is InChI=1S/C86H130F6N18O32S/c87-84(88,65-42-93-45-68(106-65)103-59-51-140-62(48-111)77(120)74(59)117)54-137-39-36-134-32-27-129-22-17-99-80(123)96-14-1-11-83(109-71(114)10-21-128-26-31-133-35-30-132-25-20-102-143(126,127)58-6-4-57(5-7-58)110-72(115)8-9-73(110)116,12-2-15-97-81(124)100-18-23-130-28-33-135-37-40-138-55-85(89,90)66-43-94-46-69(107-66)104-60-52-141-63(49-112)78(121)75(60)118)13-3-16-98-82(125)101-19-24-131-29-34-136-38-41-139-56-86(91,92)67-44-95-47-70(108-67)105-61-53-142-64(50-113)79(122)76(61)119/h4-10,21,42-47,59-64,74-79,102,111-113,117-122H,1-3,11-20,22-41,48-56H2,(H,103,106)(H,104,107)(H,105,108)(H,109,114)(H2,96,99,123)(H2,97,100,124)(H2,98,101,125)/t59-,60-,61-,62+,63+,64+,74+,75+,76+,77-,78-,79-/m0/s1. The molecule has 0 radical (unpaired) electrons. The predicted molar refractivity (Wildman–Crippen MR) is 487 cm³/mol. The number of carbonyl (C=O) groups is 6. The molecule has 0 aliphatic carbocycles. The molecule has 3 fully saturated rings. The molecule has 50 nitrogen and oxygen atoms in total. The molecule has 12 atom stereocenters. The number of ether oxygens (including phenoxy) is 15. The fourth-order valence-electron chi connectivity index (χ4n) is 14.1. The molecule has 0 bridgehead atoms. The Kier molecular flexibility index (Phi) is 52.6. The Bertz CT molecular complexity index is 4270. The highest BCUT2D eigenvalue weighted by molar-refractivity contribution is 7.89. The molecule has 4 aliphatic heterocycles. The molecule has 20 N–H and O–H groups in total. The maximum Gasteiger partial charge on any atom is 0.314 e. The topological polar surface area (TPSA) is 670 Å². The number of aromatic nitrogens is 6. The maximum absolute atomic E-state index is 15.1. The quantitative estimate of drug-likeness (QED) is 0.00674. The number of aliphatic hydroxyl groups is 9. The first-order chi connectivity index (χ1) is 68.8. The molecule has 9 amide bonds. The van der Waals surface area contributed by atoms with E-state index in [0.29, 0.717) is 0 Å². The van der Waals surface area contributed by atoms with Crippen molar-refractivity contribution < 1.29 is 181 Å². The van der Waals surface area contributed by atoms with E-state index in [9.17, 15) is 83.1 Å². The van der Waals surface area contributed by atoms with Crippen molar-refractivity contribution in [3.63, 3.8) is 0 Å². The number of nitrogens with zero attached hydrogens (tertiary/aromatic N) is 7. The van der Waals surface area contributed by atoms with E-state index in [2.05, 4.69) is 87.8 Å². The highest BCUT2D eigenvalue weighted by atomic mass is 32.2. The molecule has 3 aromatic heterocycles. The zero-order chi connectivity index (χ0) is 103. The third kappa shape index (κ3) is 42.2. The molecule has 8 rings (SSSR count). The van der Waals surface area contributed by atoms with Gasteiger partial charge in [-0.2, -0.15) is 26.3 Å². The number of sulfonamides is 1. The van der Waals surface area contributed by atoms with Gasteiger partial charge in [-0.15, -0.1) is 0 Å². The minimum absolute atomic E-state index is 0.0267. The monoisotopic (exact) mass is 2070 g/mol. The SMILES string of the molecule is O=C(C=COCCOCCOCCNS(=O)(=O)c1ccc(N2C(=O)C=CC2=O)cc1)NC(CCCNC(=O)NCCOCCOCCOCC(F)(F)c1cncc(N[C@H]2CO[C@H](CO)[C@H](O)[C@@H]2O)n1)(CCCNC(=O)NCCOCCOCCOCC(F)(F)c1cncc(N[C@H]2CO[C@H](CO)[C@H](O)[C@@H]2O)n1)CCCNC(=O)NCCOCCOCCOCC(F)(F)c1cncc(N[C@H]2CO[C@H](CO)[C@H](O)[C@@H]2O)n1. The van der Waals surface area contributed by atoms with Crippen molar-refractivity contribution in [3.05, 3.63) is 103 Å². The molecule has 0 saturated carbocycles. The molecule has 7 heterocycles. The van der Waals surface area contributed by atoms with Crippen LogP contribution in [0.3, 0.4) is 0 Å². The predicted octanol–water partition coefficient (Wildman–Crippen LogP) is -3.37. The number of aliphatic hydroxyl groups excluding tert-OH is 9. The van der Waals surface area contributed by atoms with Gasteiger partial charge in [0.05, 0.1) is 237 Å². The van der Waals surface area contributed by atoms with Crippen molar-refractivity contribution in [3.8, 4) is 0 Å². The molecular formula is C86H130F6N18O32S. The van der Waals surface area contributed by atoms with Crippen LogP contribution >= 0.6 is 0 Å². The van der Waals surface area contributed by atoms with Gasteiger partial charge in [0.2, 0.25) is 15.9 Å². The number of nitrogens with one attached hydrogen (secondary N) is 11. The van der Waals surface area contributed by atoms with Crippen LogP contribution < -0.4 is 62.8 Å². The highest BCUT2D eigenvalue weighted by Gasteiger charge is 2.44. The third-order valence-electron chi connectivity index (χ3n) is 21.7. The van der Waals surface area contributed by atoms with E-state index in [4.69, 9.17) is 71.1 Å². The van der Waals surface area contributed by atoms with Crippen molar-refractivity contribution in [1.29, 1.82) is 0 Å². The summed E-state index contributed by atoms with van der Waals surface area (Å²) in [6.07, 6.45) is 0.276. The number of urea groups is 3. The number of carbonyl (C=O) groups excluding carboxylic acids is 6. The summed E-state index contributed by atoms with van der Waals surface area (Å²) in [6.45, 7) is -5.54. The van der Waals surface area contributed by atoms with E-state index in [1.807, 2.05) is 0 Å². The second kappa shape index (κ2) is 63.5. The maximum atomic E-state index is 15.1. The van der Waals surface area contributed by atoms with Gasteiger partial charge in [0.25, 0.3) is 11.8 Å². The van der Waals surface area contributed by atoms with Crippen LogP contribution in [-0.2, 0) is 113 Å². The normalized spacial score (nSPS) is 20.7. The Balaban J connectivity index is 0.772. The lowest BCUT2D eigenvalue weighted by Gasteiger charge is -2.37. The summed E-state index contributed by atoms with van der Waals surface area (Å²) >= 11 is 0. The Morgan fingerprint density at radius 1 is 0.406 bits per heavy atom. The molecular weight excluding hydrogens is 1940 g/mol. The van der Waals surface area contributed by atoms with Gasteiger partial charge >= 0.3 is 35.9 Å². The van der Waals surface area contributed by atoms with Crippen molar-refractivity contribution in [1.82, 2.24) is 71.8 Å². The smallest absolute Gasteiger partial charge is 0.314 e. The number of anilines is 4. The van der Waals surface area contributed by atoms with Gasteiger partial charge in [-0.05, 0) is 62.8 Å². The van der Waals surface area contributed by atoms with E-state index in [-0.39, 0.29) is 264 Å². The lowest BCUT2D eigenvalue weighted by atomic mass is 9.83. The Morgan fingerprint density at radius 3 is 1.03 bits per heavy atom. The molecule has 0 unspecified atom stereocenters. The molecule has 143 heavy (non-hydrogen) atoms. The molecule has 4 aromatic rings. The average Bonchev–Trinajstić information content (AvgIpc) is 1.81. The molecule has 57 heteroatoms. The number of amides is 9. The van der Waals surface area contributed by atoms with Crippen LogP contribution in [0.4, 0.5) is 63.9 Å². The first-order valence-electron chi connectivity index (χ1n) is 46.1. The number of hydrogen-bond donors (Lipinski definition) is 20. The van der Waals surface area contributed by atoms with Gasteiger partial charge in [-0.1, -0.05) is 0 Å². The fourth-order valence-corrected chi connectivity index (χ4v) is 15.1. The Hall–Kier alpha value is -9.87. The van der Waals surface area contributed by atoms with Crippen LogP contribution in [0.5, 0.6) is 0 Å². The minimum atomic E-state index is -3.98. The van der Waals surface area contributed by atoms with Gasteiger partial charge in [-0.25, -0.2) is 47.4 Å². The van der Waals surface area contributed by atoms with Gasteiger partial charge < -0.3 is 170 Å². The van der Waals surface area contributed by atoms with Crippen LogP contribution in [0.15, 0.2) is 90.8 Å². The van der Waals surface area contributed by atoms with Crippen molar-refractivity contribution in [2.75, 3.05) is 258 Å². The van der Waals surface area contributed by atoms with Crippen LogP contribution in [-0.4, -0.2) is 436 Å². The summed E-state index contributed by atoms with van der Waals surface area (Å²) in [5.74, 6) is -12.9. The summed E-state index contributed by atoms with van der Waals surface area (Å²) in [4.78, 5) is 101. The second-order valence-corrected chi connectivity index (χ2v) is 34.2. The number of imide groups is 1. The van der Waals surface area contributed by atoms with Crippen LogP contribution in [0, 0.1) is 0 Å². The van der Waals surface area contributed by atoms with Crippen molar-refractivity contribution >= 4 is 69.0 Å². The van der Waals surface area contributed by atoms with E-state index in [1.165, 1.54) is 24.3 Å². The summed E-state index contributed by atoms with van der Waals surface area (Å²) in [7, 11) is -3.98. The van der Waals surface area contributed by atoms with E-state index >= 15 is 26.3 Å². The summed E-state index contributed by atoms with van der Waals surface area (Å²) in [5.41, 5.74) is -3.11. The van der Waals surface area contributed by atoms with E-state index in [1.54, 1.807) is 0 Å². The highest BCUT2D eigenvalue weighted by Crippen LogP contribution is 2.33.